The molecule has 4 nitrogen and oxygen atoms in total. The molecule has 0 saturated heterocycles. The highest BCUT2D eigenvalue weighted by molar-refractivity contribution is 7.10. The maximum Gasteiger partial charge on any atom is 0.251 e. The van der Waals surface area contributed by atoms with E-state index in [-0.39, 0.29) is 11.8 Å². The maximum absolute atomic E-state index is 12.2. The standard InChI is InChI=1S/C17H18N2O2S/c20-16(19-10-7-15-14(12-19)8-11-22-15)6-9-18-17(21)13-4-2-1-3-5-13/h1-5,8,11H,6-7,9-10,12H2,(H,18,21). The van der Waals surface area contributed by atoms with Crippen LogP contribution in [0.15, 0.2) is 41.8 Å². The van der Waals surface area contributed by atoms with Gasteiger partial charge in [0, 0.05) is 36.5 Å². The molecule has 2 aromatic rings. The molecule has 0 spiro atoms. The normalized spacial score (nSPS) is 13.5. The topological polar surface area (TPSA) is 49.4 Å². The highest BCUT2D eigenvalue weighted by Gasteiger charge is 2.21. The Bertz CT molecular complexity index is 666. The van der Waals surface area contributed by atoms with Crippen LogP contribution in [0.1, 0.15) is 27.2 Å². The Morgan fingerprint density at radius 3 is 2.82 bits per heavy atom. The van der Waals surface area contributed by atoms with Crippen LogP contribution in [-0.2, 0) is 17.8 Å². The molecule has 114 valence electrons. The Labute approximate surface area is 133 Å². The van der Waals surface area contributed by atoms with Gasteiger partial charge >= 0.3 is 0 Å². The van der Waals surface area contributed by atoms with Crippen molar-refractivity contribution in [1.82, 2.24) is 10.2 Å². The molecule has 1 aliphatic heterocycles. The highest BCUT2D eigenvalue weighted by Crippen LogP contribution is 2.24. The van der Waals surface area contributed by atoms with Crippen LogP contribution in [0.4, 0.5) is 0 Å². The fourth-order valence-corrected chi connectivity index (χ4v) is 3.48. The van der Waals surface area contributed by atoms with E-state index in [2.05, 4.69) is 16.8 Å². The fourth-order valence-electron chi connectivity index (χ4n) is 2.59. The van der Waals surface area contributed by atoms with E-state index in [1.54, 1.807) is 23.5 Å². The molecule has 22 heavy (non-hydrogen) atoms. The van der Waals surface area contributed by atoms with E-state index in [9.17, 15) is 9.59 Å². The quantitative estimate of drug-likeness (QED) is 0.942. The van der Waals surface area contributed by atoms with Gasteiger partial charge in [-0.3, -0.25) is 9.59 Å². The molecule has 0 saturated carbocycles. The third kappa shape index (κ3) is 3.36. The summed E-state index contributed by atoms with van der Waals surface area (Å²) in [6, 6.07) is 11.1. The van der Waals surface area contributed by atoms with Gasteiger partial charge in [-0.15, -0.1) is 11.3 Å². The molecular formula is C17H18N2O2S. The molecule has 0 aliphatic carbocycles. The number of fused-ring (bicyclic) bond motifs is 1. The minimum Gasteiger partial charge on any atom is -0.352 e. The molecule has 0 radical (unpaired) electrons. The van der Waals surface area contributed by atoms with Crippen molar-refractivity contribution in [3.05, 3.63) is 57.8 Å². The second-order valence-corrected chi connectivity index (χ2v) is 6.31. The van der Waals surface area contributed by atoms with Crippen molar-refractivity contribution in [2.75, 3.05) is 13.1 Å². The van der Waals surface area contributed by atoms with Crippen LogP contribution in [0.5, 0.6) is 0 Å². The van der Waals surface area contributed by atoms with Gasteiger partial charge in [0.1, 0.15) is 0 Å². The molecule has 0 unspecified atom stereocenters. The fraction of sp³-hybridized carbons (Fsp3) is 0.294. The van der Waals surface area contributed by atoms with E-state index >= 15 is 0 Å². The largest absolute Gasteiger partial charge is 0.352 e. The predicted molar refractivity (Wildman–Crippen MR) is 86.8 cm³/mol. The summed E-state index contributed by atoms with van der Waals surface area (Å²) in [4.78, 5) is 27.4. The van der Waals surface area contributed by atoms with Gasteiger partial charge in [-0.2, -0.15) is 0 Å². The summed E-state index contributed by atoms with van der Waals surface area (Å²) in [6.07, 6.45) is 1.28. The van der Waals surface area contributed by atoms with Gasteiger partial charge in [0.2, 0.25) is 5.91 Å². The lowest BCUT2D eigenvalue weighted by Crippen LogP contribution is -2.37. The molecule has 5 heteroatoms. The zero-order valence-corrected chi connectivity index (χ0v) is 13.1. The van der Waals surface area contributed by atoms with E-state index in [4.69, 9.17) is 0 Å². The smallest absolute Gasteiger partial charge is 0.251 e. The van der Waals surface area contributed by atoms with Gasteiger partial charge < -0.3 is 10.2 Å². The van der Waals surface area contributed by atoms with Crippen LogP contribution in [0.2, 0.25) is 0 Å². The number of nitrogens with one attached hydrogen (secondary N) is 1. The first-order valence-electron chi connectivity index (χ1n) is 7.40. The molecule has 2 amide bonds. The lowest BCUT2D eigenvalue weighted by molar-refractivity contribution is -0.131. The van der Waals surface area contributed by atoms with Crippen LogP contribution in [0, 0.1) is 0 Å². The van der Waals surface area contributed by atoms with Crippen molar-refractivity contribution in [1.29, 1.82) is 0 Å². The van der Waals surface area contributed by atoms with Crippen LogP contribution in [0.3, 0.4) is 0 Å². The summed E-state index contributed by atoms with van der Waals surface area (Å²) in [5.74, 6) is -0.0302. The average molecular weight is 314 g/mol. The monoisotopic (exact) mass is 314 g/mol. The number of hydrogen-bond donors (Lipinski definition) is 1. The Morgan fingerprint density at radius 1 is 1.18 bits per heavy atom. The molecule has 1 aromatic carbocycles. The van der Waals surface area contributed by atoms with Gasteiger partial charge in [0.25, 0.3) is 5.91 Å². The molecule has 0 bridgehead atoms. The first-order valence-corrected chi connectivity index (χ1v) is 8.28. The summed E-state index contributed by atoms with van der Waals surface area (Å²) in [7, 11) is 0. The van der Waals surface area contributed by atoms with Gasteiger partial charge in [0.15, 0.2) is 0 Å². The Hall–Kier alpha value is -2.14. The van der Waals surface area contributed by atoms with E-state index in [1.165, 1.54) is 10.4 Å². The van der Waals surface area contributed by atoms with E-state index < -0.39 is 0 Å². The lowest BCUT2D eigenvalue weighted by Gasteiger charge is -2.27. The van der Waals surface area contributed by atoms with Gasteiger partial charge in [-0.1, -0.05) is 18.2 Å². The average Bonchev–Trinajstić information content (AvgIpc) is 3.03. The van der Waals surface area contributed by atoms with E-state index in [0.29, 0.717) is 25.1 Å². The zero-order valence-electron chi connectivity index (χ0n) is 12.2. The van der Waals surface area contributed by atoms with Crippen molar-refractivity contribution < 1.29 is 9.59 Å². The van der Waals surface area contributed by atoms with Crippen molar-refractivity contribution in [2.45, 2.75) is 19.4 Å². The minimum atomic E-state index is -0.132. The highest BCUT2D eigenvalue weighted by atomic mass is 32.1. The van der Waals surface area contributed by atoms with Crippen molar-refractivity contribution in [3.8, 4) is 0 Å². The number of benzene rings is 1. The van der Waals surface area contributed by atoms with Crippen LogP contribution in [0.25, 0.3) is 0 Å². The number of nitrogens with zero attached hydrogens (tertiary/aromatic N) is 1. The summed E-state index contributed by atoms with van der Waals surface area (Å²) < 4.78 is 0. The number of thiophene rings is 1. The number of carbonyl (C=O) groups is 2. The molecule has 3 rings (SSSR count). The van der Waals surface area contributed by atoms with Gasteiger partial charge in [-0.25, -0.2) is 0 Å². The van der Waals surface area contributed by atoms with E-state index in [0.717, 1.165) is 13.0 Å². The third-order valence-electron chi connectivity index (χ3n) is 3.82. The van der Waals surface area contributed by atoms with Gasteiger partial charge in [-0.05, 0) is 35.6 Å². The van der Waals surface area contributed by atoms with Crippen molar-refractivity contribution in [2.24, 2.45) is 0 Å². The second-order valence-electron chi connectivity index (χ2n) is 5.31. The van der Waals surface area contributed by atoms with Crippen LogP contribution in [-0.4, -0.2) is 29.8 Å². The summed E-state index contributed by atoms with van der Waals surface area (Å²) in [5, 5.41) is 4.88. The SMILES string of the molecule is O=C(NCCC(=O)N1CCc2sccc2C1)c1ccccc1. The molecule has 0 fully saturated rings. The molecule has 1 N–H and O–H groups in total. The molecular weight excluding hydrogens is 296 g/mol. The minimum absolute atomic E-state index is 0.102. The summed E-state index contributed by atoms with van der Waals surface area (Å²) >= 11 is 1.76. The number of rotatable bonds is 4. The number of carbonyl (C=O) groups excluding carboxylic acids is 2. The molecule has 1 aliphatic rings. The van der Waals surface area contributed by atoms with Gasteiger partial charge in [0.05, 0.1) is 0 Å². The molecule has 2 heterocycles. The first-order chi connectivity index (χ1) is 10.7. The van der Waals surface area contributed by atoms with E-state index in [1.807, 2.05) is 23.1 Å². The van der Waals surface area contributed by atoms with Crippen LogP contribution < -0.4 is 5.32 Å². The Morgan fingerprint density at radius 2 is 2.00 bits per heavy atom. The predicted octanol–water partition coefficient (Wildman–Crippen LogP) is 2.45. The lowest BCUT2D eigenvalue weighted by atomic mass is 10.1. The number of hydrogen-bond acceptors (Lipinski definition) is 3. The second kappa shape index (κ2) is 6.75. The molecule has 1 aromatic heterocycles. The van der Waals surface area contributed by atoms with Crippen LogP contribution >= 0.6 is 11.3 Å². The Balaban J connectivity index is 1.46. The maximum atomic E-state index is 12.2. The van der Waals surface area contributed by atoms with Crippen molar-refractivity contribution in [3.63, 3.8) is 0 Å². The van der Waals surface area contributed by atoms with Crippen molar-refractivity contribution >= 4 is 23.2 Å². The Kier molecular flexibility index (Phi) is 4.53. The zero-order chi connectivity index (χ0) is 15.4. The first kappa shape index (κ1) is 14.8. The third-order valence-corrected chi connectivity index (χ3v) is 4.84. The number of amides is 2. The summed E-state index contributed by atoms with van der Waals surface area (Å²) in [6.45, 7) is 1.85. The molecule has 0 atom stereocenters. The summed E-state index contributed by atoms with van der Waals surface area (Å²) in [5.41, 5.74) is 1.88.